The van der Waals surface area contributed by atoms with Crippen molar-refractivity contribution in [2.75, 3.05) is 0 Å². The molecule has 0 bridgehead atoms. The number of para-hydroxylation sites is 2. The van der Waals surface area contributed by atoms with Gasteiger partial charge in [0.15, 0.2) is 0 Å². The minimum absolute atomic E-state index is 0.813. The molecule has 5 aromatic carbocycles. The smallest absolute Gasteiger partial charge is 0.0900 e. The largest absolute Gasteiger partial charge is 0.309 e. The summed E-state index contributed by atoms with van der Waals surface area (Å²) in [6.07, 6.45) is 3.74. The Morgan fingerprint density at radius 2 is 0.939 bits per heavy atom. The molecule has 49 heavy (non-hydrogen) atoms. The summed E-state index contributed by atoms with van der Waals surface area (Å²) in [4.78, 5) is 14.4. The van der Waals surface area contributed by atoms with Gasteiger partial charge in [-0.05, 0) is 88.5 Å². The SMILES string of the molecule is c1ccc(-c2cc(-c3ccccn3)nc(-c3ccc(-c4ccc(-c5ccc6c(c5)c5ccccc5n6-c5ccccc5)cc4)cn3)c2)cc1. The predicted octanol–water partition coefficient (Wildman–Crippen LogP) is 11.3. The lowest BCUT2D eigenvalue weighted by molar-refractivity contribution is 1.18. The summed E-state index contributed by atoms with van der Waals surface area (Å²) in [5, 5.41) is 2.50. The Morgan fingerprint density at radius 1 is 0.347 bits per heavy atom. The number of benzene rings is 5. The molecule has 9 rings (SSSR count). The summed E-state index contributed by atoms with van der Waals surface area (Å²) in [7, 11) is 0. The molecule has 0 unspecified atom stereocenters. The Bertz CT molecular complexity index is 2500. The van der Waals surface area contributed by atoms with Gasteiger partial charge in [-0.3, -0.25) is 9.97 Å². The van der Waals surface area contributed by atoms with Crippen molar-refractivity contribution in [1.29, 1.82) is 0 Å². The van der Waals surface area contributed by atoms with Crippen LogP contribution in [0.3, 0.4) is 0 Å². The van der Waals surface area contributed by atoms with Gasteiger partial charge in [0.1, 0.15) is 0 Å². The molecule has 4 heterocycles. The fourth-order valence-electron chi connectivity index (χ4n) is 6.68. The third-order valence-corrected chi connectivity index (χ3v) is 9.12. The normalized spacial score (nSPS) is 11.3. The summed E-state index contributed by atoms with van der Waals surface area (Å²) in [5.41, 5.74) is 13.6. The molecular weight excluding hydrogens is 597 g/mol. The maximum absolute atomic E-state index is 4.98. The van der Waals surface area contributed by atoms with Gasteiger partial charge in [0.2, 0.25) is 0 Å². The summed E-state index contributed by atoms with van der Waals surface area (Å²) in [6, 6.07) is 59.4. The average Bonchev–Trinajstić information content (AvgIpc) is 3.52. The molecule has 0 aliphatic rings. The van der Waals surface area contributed by atoms with Gasteiger partial charge in [-0.1, -0.05) is 109 Å². The molecule has 4 aromatic heterocycles. The van der Waals surface area contributed by atoms with E-state index in [1.807, 2.05) is 30.5 Å². The van der Waals surface area contributed by atoms with Crippen LogP contribution < -0.4 is 0 Å². The zero-order valence-electron chi connectivity index (χ0n) is 26.6. The van der Waals surface area contributed by atoms with Gasteiger partial charge in [0, 0.05) is 34.4 Å². The third kappa shape index (κ3) is 5.35. The Labute approximate surface area is 284 Å². The van der Waals surface area contributed by atoms with E-state index in [2.05, 4.69) is 155 Å². The monoisotopic (exact) mass is 626 g/mol. The van der Waals surface area contributed by atoms with E-state index in [9.17, 15) is 0 Å². The predicted molar refractivity (Wildman–Crippen MR) is 201 cm³/mol. The highest BCUT2D eigenvalue weighted by Crippen LogP contribution is 2.36. The minimum Gasteiger partial charge on any atom is -0.309 e. The molecule has 230 valence electrons. The standard InChI is InChI=1S/C45H30N4/c1-3-11-31(12-4-1)36-28-42(40-16-9-10-26-46-40)48-43(29-36)41-24-22-35(30-47-41)33-20-18-32(19-21-33)34-23-25-45-39(27-34)38-15-7-8-17-44(38)49(45)37-13-5-2-6-14-37/h1-30H. The van der Waals surface area contributed by atoms with Crippen molar-refractivity contribution < 1.29 is 0 Å². The number of aromatic nitrogens is 4. The van der Waals surface area contributed by atoms with Crippen molar-refractivity contribution in [3.8, 4) is 61.8 Å². The van der Waals surface area contributed by atoms with Gasteiger partial charge < -0.3 is 4.57 Å². The van der Waals surface area contributed by atoms with Crippen LogP contribution in [0.25, 0.3) is 83.6 Å². The lowest BCUT2D eigenvalue weighted by Gasteiger charge is -2.10. The third-order valence-electron chi connectivity index (χ3n) is 9.12. The molecule has 9 aromatic rings. The Balaban J connectivity index is 1.03. The molecular formula is C45H30N4. The van der Waals surface area contributed by atoms with E-state index in [1.54, 1.807) is 6.20 Å². The molecule has 0 saturated carbocycles. The number of nitrogens with zero attached hydrogens (tertiary/aromatic N) is 4. The van der Waals surface area contributed by atoms with Gasteiger partial charge in [-0.15, -0.1) is 0 Å². The van der Waals surface area contributed by atoms with Crippen molar-refractivity contribution >= 4 is 21.8 Å². The molecule has 0 saturated heterocycles. The van der Waals surface area contributed by atoms with E-state index in [4.69, 9.17) is 9.97 Å². The van der Waals surface area contributed by atoms with Gasteiger partial charge >= 0.3 is 0 Å². The Kier molecular flexibility index (Phi) is 7.10. The number of hydrogen-bond donors (Lipinski definition) is 0. The van der Waals surface area contributed by atoms with E-state index < -0.39 is 0 Å². The second-order valence-electron chi connectivity index (χ2n) is 12.1. The summed E-state index contributed by atoms with van der Waals surface area (Å²) in [6.45, 7) is 0. The van der Waals surface area contributed by atoms with E-state index in [0.29, 0.717) is 0 Å². The first-order chi connectivity index (χ1) is 24.3. The first kappa shape index (κ1) is 28.6. The van der Waals surface area contributed by atoms with Crippen LogP contribution in [0.4, 0.5) is 0 Å². The van der Waals surface area contributed by atoms with Crippen LogP contribution in [0.2, 0.25) is 0 Å². The van der Waals surface area contributed by atoms with Gasteiger partial charge in [-0.25, -0.2) is 4.98 Å². The highest BCUT2D eigenvalue weighted by Gasteiger charge is 2.14. The number of fused-ring (bicyclic) bond motifs is 3. The Hall–Kier alpha value is -6.65. The molecule has 0 fully saturated rings. The minimum atomic E-state index is 0.813. The van der Waals surface area contributed by atoms with E-state index in [1.165, 1.54) is 38.6 Å². The second-order valence-corrected chi connectivity index (χ2v) is 12.1. The lowest BCUT2D eigenvalue weighted by atomic mass is 9.99. The fraction of sp³-hybridized carbons (Fsp3) is 0. The molecule has 0 aliphatic carbocycles. The van der Waals surface area contributed by atoms with Crippen molar-refractivity contribution in [1.82, 2.24) is 19.5 Å². The summed E-state index contributed by atoms with van der Waals surface area (Å²) in [5.74, 6) is 0. The molecule has 0 N–H and O–H groups in total. The van der Waals surface area contributed by atoms with E-state index in [0.717, 1.165) is 45.0 Å². The molecule has 4 heteroatoms. The molecule has 0 aliphatic heterocycles. The van der Waals surface area contributed by atoms with Crippen LogP contribution in [0.1, 0.15) is 0 Å². The van der Waals surface area contributed by atoms with Gasteiger partial charge in [0.05, 0.1) is 33.8 Å². The zero-order chi connectivity index (χ0) is 32.6. The maximum atomic E-state index is 4.98. The van der Waals surface area contributed by atoms with E-state index >= 15 is 0 Å². The van der Waals surface area contributed by atoms with Gasteiger partial charge in [-0.2, -0.15) is 0 Å². The van der Waals surface area contributed by atoms with E-state index in [-0.39, 0.29) is 0 Å². The highest BCUT2D eigenvalue weighted by atomic mass is 15.0. The lowest BCUT2D eigenvalue weighted by Crippen LogP contribution is -1.94. The first-order valence-electron chi connectivity index (χ1n) is 16.4. The summed E-state index contributed by atoms with van der Waals surface area (Å²) >= 11 is 0. The molecule has 0 amide bonds. The second kappa shape index (κ2) is 12.2. The molecule has 4 nitrogen and oxygen atoms in total. The topological polar surface area (TPSA) is 43.6 Å². The van der Waals surface area contributed by atoms with Crippen LogP contribution in [0.5, 0.6) is 0 Å². The van der Waals surface area contributed by atoms with Gasteiger partial charge in [0.25, 0.3) is 0 Å². The van der Waals surface area contributed by atoms with Crippen LogP contribution in [-0.2, 0) is 0 Å². The highest BCUT2D eigenvalue weighted by molar-refractivity contribution is 6.10. The van der Waals surface area contributed by atoms with Crippen molar-refractivity contribution in [2.24, 2.45) is 0 Å². The van der Waals surface area contributed by atoms with Crippen LogP contribution in [-0.4, -0.2) is 19.5 Å². The molecule has 0 spiro atoms. The maximum Gasteiger partial charge on any atom is 0.0900 e. The van der Waals surface area contributed by atoms with Crippen LogP contribution in [0, 0.1) is 0 Å². The fourth-order valence-corrected chi connectivity index (χ4v) is 6.68. The average molecular weight is 627 g/mol. The Morgan fingerprint density at radius 3 is 1.65 bits per heavy atom. The van der Waals surface area contributed by atoms with Crippen molar-refractivity contribution in [3.63, 3.8) is 0 Å². The number of hydrogen-bond acceptors (Lipinski definition) is 3. The molecule has 0 atom stereocenters. The van der Waals surface area contributed by atoms with Crippen LogP contribution in [0.15, 0.2) is 182 Å². The summed E-state index contributed by atoms with van der Waals surface area (Å²) < 4.78 is 2.35. The zero-order valence-corrected chi connectivity index (χ0v) is 26.6. The van der Waals surface area contributed by atoms with Crippen LogP contribution >= 0.6 is 0 Å². The first-order valence-corrected chi connectivity index (χ1v) is 16.4. The number of rotatable bonds is 6. The molecule has 0 radical (unpaired) electrons. The quantitative estimate of drug-likeness (QED) is 0.184. The van der Waals surface area contributed by atoms with Crippen molar-refractivity contribution in [2.45, 2.75) is 0 Å². The van der Waals surface area contributed by atoms with Crippen molar-refractivity contribution in [3.05, 3.63) is 182 Å². The number of pyridine rings is 3.